The molecule has 1 saturated carbocycles. The molecule has 9 heteroatoms. The molecular weight excluding hydrogens is 445 g/mol. The number of hydrogen-bond donors (Lipinski definition) is 2. The number of aromatic nitrogens is 2. The van der Waals surface area contributed by atoms with E-state index < -0.39 is 12.3 Å². The number of nitrogens with two attached hydrogens (primary N) is 1. The molecule has 0 aliphatic heterocycles. The van der Waals surface area contributed by atoms with Crippen LogP contribution in [0.4, 0.5) is 24.8 Å². The number of nitrogens with zero attached hydrogens (tertiary/aromatic N) is 2. The molecule has 182 valence electrons. The Morgan fingerprint density at radius 1 is 1.18 bits per heavy atom. The topological polar surface area (TPSA) is 82.2 Å². The fourth-order valence-electron chi connectivity index (χ4n) is 5.38. The predicted molar refractivity (Wildman–Crippen MR) is 125 cm³/mol. The first-order chi connectivity index (χ1) is 15.8. The number of ether oxygens (including phenoxy) is 1. The van der Waals surface area contributed by atoms with Gasteiger partial charge in [0.15, 0.2) is 0 Å². The fraction of sp³-hybridized carbons (Fsp3) is 0.440. The summed E-state index contributed by atoms with van der Waals surface area (Å²) in [7, 11) is 0. The van der Waals surface area contributed by atoms with Gasteiger partial charge in [0.25, 0.3) is 0 Å². The molecule has 1 aliphatic rings. The number of alkyl halides is 3. The van der Waals surface area contributed by atoms with Crippen molar-refractivity contribution >= 4 is 28.6 Å². The number of halogens is 3. The van der Waals surface area contributed by atoms with Crippen LogP contribution in [-0.4, -0.2) is 21.8 Å². The van der Waals surface area contributed by atoms with E-state index in [0.29, 0.717) is 34.2 Å². The van der Waals surface area contributed by atoms with Crippen LogP contribution in [0.5, 0.6) is 5.75 Å². The molecule has 1 aliphatic carbocycles. The molecule has 0 radical (unpaired) electrons. The Labute approximate surface area is 196 Å². The molecule has 3 aromatic rings. The van der Waals surface area contributed by atoms with Crippen molar-refractivity contribution in [2.45, 2.75) is 59.4 Å². The van der Waals surface area contributed by atoms with Gasteiger partial charge in [0, 0.05) is 17.3 Å². The molecule has 0 saturated heterocycles. The molecule has 2 unspecified atom stereocenters. The number of amides is 1. The lowest BCUT2D eigenvalue weighted by Crippen LogP contribution is -2.29. The molecule has 2 atom stereocenters. The molecule has 0 bridgehead atoms. The van der Waals surface area contributed by atoms with Gasteiger partial charge in [0.05, 0.1) is 11.0 Å². The normalized spacial score (nSPS) is 20.3. The quantitative estimate of drug-likeness (QED) is 0.444. The molecule has 1 aromatic heterocycles. The van der Waals surface area contributed by atoms with Gasteiger partial charge in [-0.2, -0.15) is 0 Å². The monoisotopic (exact) mass is 474 g/mol. The van der Waals surface area contributed by atoms with Crippen molar-refractivity contribution < 1.29 is 22.7 Å². The van der Waals surface area contributed by atoms with Crippen LogP contribution in [0.25, 0.3) is 11.0 Å². The molecule has 1 heterocycles. The lowest BCUT2D eigenvalue weighted by Gasteiger charge is -2.40. The molecule has 2 aromatic carbocycles. The van der Waals surface area contributed by atoms with Crippen LogP contribution in [0.3, 0.4) is 0 Å². The van der Waals surface area contributed by atoms with Crippen molar-refractivity contribution in [3.8, 4) is 5.75 Å². The first-order valence-electron chi connectivity index (χ1n) is 11.3. The highest BCUT2D eigenvalue weighted by molar-refractivity contribution is 5.99. The van der Waals surface area contributed by atoms with E-state index in [1.165, 1.54) is 24.3 Å². The van der Waals surface area contributed by atoms with Gasteiger partial charge in [0.1, 0.15) is 5.75 Å². The Morgan fingerprint density at radius 3 is 2.44 bits per heavy atom. The fourth-order valence-corrected chi connectivity index (χ4v) is 5.38. The summed E-state index contributed by atoms with van der Waals surface area (Å²) in [5.41, 5.74) is 8.94. The van der Waals surface area contributed by atoms with Crippen molar-refractivity contribution in [3.05, 3.63) is 47.5 Å². The summed E-state index contributed by atoms with van der Waals surface area (Å²) in [5.74, 6) is 0.274. The van der Waals surface area contributed by atoms with Crippen molar-refractivity contribution in [2.24, 2.45) is 17.1 Å². The van der Waals surface area contributed by atoms with Crippen molar-refractivity contribution in [2.75, 3.05) is 5.32 Å². The van der Waals surface area contributed by atoms with Crippen LogP contribution in [0.2, 0.25) is 0 Å². The number of imidazole rings is 1. The highest BCUT2D eigenvalue weighted by Crippen LogP contribution is 2.46. The Bertz CT molecular complexity index is 1220. The maximum atomic E-state index is 12.5. The number of rotatable bonds is 5. The third kappa shape index (κ3) is 4.98. The molecule has 34 heavy (non-hydrogen) atoms. The second-order valence-corrected chi connectivity index (χ2v) is 10.0. The number of carbonyl (C=O) groups is 1. The number of anilines is 2. The van der Waals surface area contributed by atoms with Crippen LogP contribution in [0.1, 0.15) is 62.0 Å². The van der Waals surface area contributed by atoms with E-state index in [4.69, 9.17) is 10.7 Å². The Morgan fingerprint density at radius 2 is 1.85 bits per heavy atom. The van der Waals surface area contributed by atoms with Gasteiger partial charge in [-0.1, -0.05) is 20.8 Å². The minimum absolute atomic E-state index is 0.148. The smallest absolute Gasteiger partial charge is 0.406 e. The summed E-state index contributed by atoms with van der Waals surface area (Å²) in [5, 5.41) is 3.27. The van der Waals surface area contributed by atoms with Gasteiger partial charge < -0.3 is 20.4 Å². The van der Waals surface area contributed by atoms with Crippen LogP contribution in [0.15, 0.2) is 36.4 Å². The number of fused-ring (bicyclic) bond motifs is 1. The lowest BCUT2D eigenvalue weighted by molar-refractivity contribution is -0.274. The number of hydrogen-bond acceptors (Lipinski definition) is 4. The zero-order valence-corrected chi connectivity index (χ0v) is 19.7. The predicted octanol–water partition coefficient (Wildman–Crippen LogP) is 6.47. The van der Waals surface area contributed by atoms with Gasteiger partial charge in [-0.3, -0.25) is 4.79 Å². The third-order valence-electron chi connectivity index (χ3n) is 6.45. The first kappa shape index (κ1) is 23.9. The maximum absolute atomic E-state index is 12.5. The summed E-state index contributed by atoms with van der Waals surface area (Å²) in [6.45, 7) is 8.59. The van der Waals surface area contributed by atoms with Gasteiger partial charge in [-0.15, -0.1) is 13.2 Å². The average molecular weight is 475 g/mol. The highest BCUT2D eigenvalue weighted by Gasteiger charge is 2.35. The van der Waals surface area contributed by atoms with E-state index in [1.54, 1.807) is 6.07 Å². The second-order valence-electron chi connectivity index (χ2n) is 10.0. The number of primary amides is 1. The second kappa shape index (κ2) is 8.52. The minimum atomic E-state index is -4.75. The summed E-state index contributed by atoms with van der Waals surface area (Å²) in [6, 6.07) is 9.30. The van der Waals surface area contributed by atoms with E-state index in [9.17, 15) is 18.0 Å². The zero-order chi connectivity index (χ0) is 24.8. The van der Waals surface area contributed by atoms with Gasteiger partial charge >= 0.3 is 6.36 Å². The standard InChI is InChI=1S/C25H29F3N4O2/c1-14-11-17(13-24(3,4)12-14)32-20-10-9-19(22(29)33)15(2)21(20)31-23(32)30-16-5-7-18(8-6-16)34-25(26,27)28/h5-10,14,17H,11-13H2,1-4H3,(H2,29,33)(H,30,31). The summed E-state index contributed by atoms with van der Waals surface area (Å²) < 4.78 is 43.6. The van der Waals surface area contributed by atoms with Crippen molar-refractivity contribution in [3.63, 3.8) is 0 Å². The SMILES string of the molecule is Cc1c(C(N)=O)ccc2c1nc(Nc1ccc(OC(F)(F)F)cc1)n2C1CC(C)CC(C)(C)C1. The summed E-state index contributed by atoms with van der Waals surface area (Å²) >= 11 is 0. The number of benzene rings is 2. The maximum Gasteiger partial charge on any atom is 0.573 e. The molecule has 3 N–H and O–H groups in total. The molecule has 6 nitrogen and oxygen atoms in total. The molecule has 1 amide bonds. The van der Waals surface area contributed by atoms with E-state index in [1.807, 2.05) is 13.0 Å². The highest BCUT2D eigenvalue weighted by atomic mass is 19.4. The number of carbonyl (C=O) groups excluding carboxylic acids is 1. The van der Waals surface area contributed by atoms with Crippen LogP contribution < -0.4 is 15.8 Å². The van der Waals surface area contributed by atoms with Crippen LogP contribution >= 0.6 is 0 Å². The van der Waals surface area contributed by atoms with Crippen LogP contribution in [0, 0.1) is 18.3 Å². The molecule has 1 fully saturated rings. The molecule has 4 rings (SSSR count). The van der Waals surface area contributed by atoms with Crippen molar-refractivity contribution in [1.82, 2.24) is 9.55 Å². The van der Waals surface area contributed by atoms with Gasteiger partial charge in [0.2, 0.25) is 11.9 Å². The van der Waals surface area contributed by atoms with E-state index in [2.05, 4.69) is 35.4 Å². The third-order valence-corrected chi connectivity index (χ3v) is 6.45. The van der Waals surface area contributed by atoms with E-state index in [0.717, 1.165) is 24.8 Å². The summed E-state index contributed by atoms with van der Waals surface area (Å²) in [4.78, 5) is 16.7. The first-order valence-corrected chi connectivity index (χ1v) is 11.3. The van der Waals surface area contributed by atoms with Gasteiger partial charge in [-0.05, 0) is 79.5 Å². The molecular formula is C25H29F3N4O2. The largest absolute Gasteiger partial charge is 0.573 e. The van der Waals surface area contributed by atoms with E-state index >= 15 is 0 Å². The van der Waals surface area contributed by atoms with E-state index in [-0.39, 0.29) is 17.2 Å². The average Bonchev–Trinajstić information content (AvgIpc) is 3.06. The lowest BCUT2D eigenvalue weighted by atomic mass is 9.70. The van der Waals surface area contributed by atoms with Crippen molar-refractivity contribution in [1.29, 1.82) is 0 Å². The molecule has 0 spiro atoms. The Hall–Kier alpha value is -3.23. The Kier molecular flexibility index (Phi) is 5.99. The number of nitrogens with one attached hydrogen (secondary N) is 1. The van der Waals surface area contributed by atoms with Gasteiger partial charge in [-0.25, -0.2) is 4.98 Å². The summed E-state index contributed by atoms with van der Waals surface area (Å²) in [6.07, 6.45) is -1.70. The number of aryl methyl sites for hydroxylation is 1. The Balaban J connectivity index is 1.78. The minimum Gasteiger partial charge on any atom is -0.406 e. The van der Waals surface area contributed by atoms with Crippen LogP contribution in [-0.2, 0) is 0 Å². The zero-order valence-electron chi connectivity index (χ0n) is 19.7.